The Labute approximate surface area is 156 Å². The highest BCUT2D eigenvalue weighted by Gasteiger charge is 2.71. The standard InChI is InChI=1S/C23H42O2/c1-15-12-16(2)21(9,20(15,7)8)13-17(3)25-18(24)22(10)14-23(22,11)19(4,5)6/h15-17H,12-14H2,1-11H3. The molecule has 0 radical (unpaired) electrons. The summed E-state index contributed by atoms with van der Waals surface area (Å²) in [5, 5.41) is 0. The molecule has 0 aromatic carbocycles. The van der Waals surface area contributed by atoms with Crippen molar-refractivity contribution in [2.24, 2.45) is 38.9 Å². The molecule has 0 amide bonds. The van der Waals surface area contributed by atoms with Gasteiger partial charge in [-0.2, -0.15) is 0 Å². The molecule has 0 aromatic rings. The molecule has 2 aliphatic carbocycles. The largest absolute Gasteiger partial charge is 0.462 e. The summed E-state index contributed by atoms with van der Waals surface area (Å²) in [4.78, 5) is 13.0. The Balaban J connectivity index is 2.07. The van der Waals surface area contributed by atoms with E-state index in [1.54, 1.807) is 0 Å². The molecule has 2 heteroatoms. The maximum atomic E-state index is 13.0. The Hall–Kier alpha value is -0.530. The van der Waals surface area contributed by atoms with Gasteiger partial charge in [0.15, 0.2) is 0 Å². The van der Waals surface area contributed by atoms with Crippen LogP contribution in [0.15, 0.2) is 0 Å². The Morgan fingerprint density at radius 3 is 1.96 bits per heavy atom. The summed E-state index contributed by atoms with van der Waals surface area (Å²) in [6, 6.07) is 0. The topological polar surface area (TPSA) is 26.3 Å². The van der Waals surface area contributed by atoms with Gasteiger partial charge in [-0.05, 0) is 66.6 Å². The average Bonchev–Trinajstić information content (AvgIpc) is 2.98. The molecular weight excluding hydrogens is 308 g/mol. The minimum absolute atomic E-state index is 0.0116. The van der Waals surface area contributed by atoms with Crippen LogP contribution >= 0.6 is 0 Å². The zero-order valence-corrected chi connectivity index (χ0v) is 18.7. The molecule has 6 atom stereocenters. The van der Waals surface area contributed by atoms with E-state index in [0.717, 1.165) is 12.8 Å². The summed E-state index contributed by atoms with van der Waals surface area (Å²) >= 11 is 0. The fourth-order valence-electron chi connectivity index (χ4n) is 5.75. The third kappa shape index (κ3) is 2.86. The molecule has 25 heavy (non-hydrogen) atoms. The van der Waals surface area contributed by atoms with Crippen molar-refractivity contribution in [3.8, 4) is 0 Å². The predicted molar refractivity (Wildman–Crippen MR) is 105 cm³/mol. The summed E-state index contributed by atoms with van der Waals surface area (Å²) in [5.41, 5.74) is 0.313. The molecule has 0 bridgehead atoms. The van der Waals surface area contributed by atoms with Crippen LogP contribution in [0.4, 0.5) is 0 Å². The van der Waals surface area contributed by atoms with Crippen LogP contribution in [0.25, 0.3) is 0 Å². The van der Waals surface area contributed by atoms with Gasteiger partial charge in [0, 0.05) is 0 Å². The van der Waals surface area contributed by atoms with Crippen molar-refractivity contribution in [2.75, 3.05) is 0 Å². The highest BCUT2D eigenvalue weighted by atomic mass is 16.5. The number of rotatable bonds is 4. The Bertz CT molecular complexity index is 543. The van der Waals surface area contributed by atoms with Crippen LogP contribution < -0.4 is 0 Å². The van der Waals surface area contributed by atoms with Crippen molar-refractivity contribution in [3.05, 3.63) is 0 Å². The molecule has 0 saturated heterocycles. The predicted octanol–water partition coefficient (Wildman–Crippen LogP) is 6.48. The molecule has 2 rings (SSSR count). The van der Waals surface area contributed by atoms with Crippen molar-refractivity contribution in [3.63, 3.8) is 0 Å². The smallest absolute Gasteiger partial charge is 0.312 e. The number of esters is 1. The minimum Gasteiger partial charge on any atom is -0.462 e. The number of carbonyl (C=O) groups is 1. The van der Waals surface area contributed by atoms with Gasteiger partial charge in [0.1, 0.15) is 0 Å². The van der Waals surface area contributed by atoms with Crippen molar-refractivity contribution in [2.45, 2.75) is 102 Å². The van der Waals surface area contributed by atoms with Crippen LogP contribution in [0, 0.1) is 38.9 Å². The lowest BCUT2D eigenvalue weighted by Gasteiger charge is -2.45. The average molecular weight is 351 g/mol. The quantitative estimate of drug-likeness (QED) is 0.542. The van der Waals surface area contributed by atoms with E-state index in [0.29, 0.717) is 11.8 Å². The molecule has 0 aliphatic heterocycles. The fraction of sp³-hybridized carbons (Fsp3) is 0.957. The molecule has 2 fully saturated rings. The maximum absolute atomic E-state index is 13.0. The van der Waals surface area contributed by atoms with E-state index in [-0.39, 0.29) is 39.1 Å². The second-order valence-corrected chi connectivity index (χ2v) is 11.7. The first-order valence-corrected chi connectivity index (χ1v) is 10.2. The lowest BCUT2D eigenvalue weighted by Crippen LogP contribution is -2.40. The highest BCUT2D eigenvalue weighted by Crippen LogP contribution is 2.72. The maximum Gasteiger partial charge on any atom is 0.312 e. The van der Waals surface area contributed by atoms with E-state index >= 15 is 0 Å². The zero-order chi connectivity index (χ0) is 19.6. The zero-order valence-electron chi connectivity index (χ0n) is 18.7. The van der Waals surface area contributed by atoms with E-state index in [9.17, 15) is 4.79 Å². The minimum atomic E-state index is -0.329. The third-order valence-corrected chi connectivity index (χ3v) is 9.42. The Morgan fingerprint density at radius 2 is 1.60 bits per heavy atom. The molecule has 6 unspecified atom stereocenters. The Kier molecular flexibility index (Phi) is 4.76. The number of hydrogen-bond donors (Lipinski definition) is 0. The summed E-state index contributed by atoms with van der Waals surface area (Å²) in [6.07, 6.45) is 3.14. The third-order valence-electron chi connectivity index (χ3n) is 9.42. The highest BCUT2D eigenvalue weighted by molar-refractivity contribution is 5.81. The molecule has 2 nitrogen and oxygen atoms in total. The monoisotopic (exact) mass is 350 g/mol. The van der Waals surface area contributed by atoms with E-state index in [4.69, 9.17) is 4.74 Å². The summed E-state index contributed by atoms with van der Waals surface area (Å²) in [7, 11) is 0. The molecule has 2 saturated carbocycles. The lowest BCUT2D eigenvalue weighted by molar-refractivity contribution is -0.159. The summed E-state index contributed by atoms with van der Waals surface area (Å²) in [5.74, 6) is 1.38. The molecular formula is C23H42O2. The van der Waals surface area contributed by atoms with Gasteiger partial charge in [0.25, 0.3) is 0 Å². The van der Waals surface area contributed by atoms with Gasteiger partial charge in [0.05, 0.1) is 11.5 Å². The molecule has 0 spiro atoms. The van der Waals surface area contributed by atoms with Gasteiger partial charge in [-0.3, -0.25) is 4.79 Å². The molecule has 2 aliphatic rings. The van der Waals surface area contributed by atoms with Gasteiger partial charge in [0.2, 0.25) is 0 Å². The second kappa shape index (κ2) is 5.73. The van der Waals surface area contributed by atoms with E-state index in [1.165, 1.54) is 6.42 Å². The molecule has 0 aromatic heterocycles. The summed E-state index contributed by atoms with van der Waals surface area (Å²) in [6.45, 7) is 25.1. The van der Waals surface area contributed by atoms with E-state index in [2.05, 4.69) is 76.2 Å². The van der Waals surface area contributed by atoms with E-state index < -0.39 is 0 Å². The normalized spacial score (nSPS) is 44.4. The van der Waals surface area contributed by atoms with Crippen LogP contribution in [0.1, 0.15) is 95.4 Å². The second-order valence-electron chi connectivity index (χ2n) is 11.7. The SMILES string of the molecule is CC(CC1(C)C(C)CC(C)C1(C)C)OC(=O)C1(C)CC1(C)C(C)(C)C. The first-order valence-electron chi connectivity index (χ1n) is 10.2. The van der Waals surface area contributed by atoms with Crippen LogP contribution in [-0.4, -0.2) is 12.1 Å². The van der Waals surface area contributed by atoms with Crippen molar-refractivity contribution < 1.29 is 9.53 Å². The van der Waals surface area contributed by atoms with Crippen molar-refractivity contribution >= 4 is 5.97 Å². The molecule has 146 valence electrons. The van der Waals surface area contributed by atoms with Crippen LogP contribution in [0.5, 0.6) is 0 Å². The molecule has 0 heterocycles. The number of ether oxygens (including phenoxy) is 1. The first kappa shape index (κ1) is 20.8. The van der Waals surface area contributed by atoms with Gasteiger partial charge in [-0.1, -0.05) is 62.3 Å². The van der Waals surface area contributed by atoms with Crippen LogP contribution in [0.3, 0.4) is 0 Å². The van der Waals surface area contributed by atoms with Crippen LogP contribution in [0.2, 0.25) is 0 Å². The van der Waals surface area contributed by atoms with Crippen molar-refractivity contribution in [1.82, 2.24) is 0 Å². The van der Waals surface area contributed by atoms with Crippen LogP contribution in [-0.2, 0) is 9.53 Å². The first-order chi connectivity index (χ1) is 11.0. The molecule has 0 N–H and O–H groups in total. The van der Waals surface area contributed by atoms with Gasteiger partial charge < -0.3 is 4.74 Å². The summed E-state index contributed by atoms with van der Waals surface area (Å²) < 4.78 is 6.03. The lowest BCUT2D eigenvalue weighted by atomic mass is 9.61. The number of hydrogen-bond acceptors (Lipinski definition) is 2. The van der Waals surface area contributed by atoms with Gasteiger partial charge >= 0.3 is 5.97 Å². The van der Waals surface area contributed by atoms with Gasteiger partial charge in [-0.15, -0.1) is 0 Å². The number of carbonyl (C=O) groups excluding carboxylic acids is 1. The van der Waals surface area contributed by atoms with Gasteiger partial charge in [-0.25, -0.2) is 0 Å². The van der Waals surface area contributed by atoms with E-state index in [1.807, 2.05) is 0 Å². The van der Waals surface area contributed by atoms with Crippen molar-refractivity contribution in [1.29, 1.82) is 0 Å². The Morgan fingerprint density at radius 1 is 1.08 bits per heavy atom. The fourth-order valence-corrected chi connectivity index (χ4v) is 5.75.